The van der Waals surface area contributed by atoms with E-state index in [9.17, 15) is 4.79 Å². The predicted molar refractivity (Wildman–Crippen MR) is 121 cm³/mol. The summed E-state index contributed by atoms with van der Waals surface area (Å²) in [6.45, 7) is 6.50. The second-order valence-corrected chi connectivity index (χ2v) is 8.47. The summed E-state index contributed by atoms with van der Waals surface area (Å²) in [5.74, 6) is 1.51. The number of nitrogens with zero attached hydrogens (tertiary/aromatic N) is 1. The normalized spacial score (nSPS) is 15.8. The van der Waals surface area contributed by atoms with Crippen molar-refractivity contribution >= 4 is 22.9 Å². The van der Waals surface area contributed by atoms with Crippen molar-refractivity contribution in [3.05, 3.63) is 65.7 Å². The van der Waals surface area contributed by atoms with Gasteiger partial charge < -0.3 is 14.2 Å². The van der Waals surface area contributed by atoms with Gasteiger partial charge in [0.2, 0.25) is 6.10 Å². The minimum absolute atomic E-state index is 0.0323. The number of rotatable bonds is 4. The highest BCUT2D eigenvalue weighted by molar-refractivity contribution is 6.02. The van der Waals surface area contributed by atoms with Crippen LogP contribution in [0.4, 0.5) is 0 Å². The Morgan fingerprint density at radius 1 is 1.13 bits per heavy atom. The minimum Gasteiger partial charge on any atom is -0.496 e. The molecule has 6 heteroatoms. The molecule has 160 valence electrons. The van der Waals surface area contributed by atoms with Crippen molar-refractivity contribution in [2.24, 2.45) is 5.10 Å². The number of methoxy groups -OCH3 is 1. The van der Waals surface area contributed by atoms with Crippen molar-refractivity contribution in [3.8, 4) is 17.2 Å². The molecule has 0 bridgehead atoms. The lowest BCUT2D eigenvalue weighted by Gasteiger charge is -2.27. The first kappa shape index (κ1) is 20.7. The lowest BCUT2D eigenvalue weighted by atomic mass is 9.87. The van der Waals surface area contributed by atoms with E-state index in [4.69, 9.17) is 14.2 Å². The Balaban J connectivity index is 1.49. The van der Waals surface area contributed by atoms with Crippen LogP contribution in [-0.2, 0) is 10.2 Å². The van der Waals surface area contributed by atoms with Crippen LogP contribution in [0, 0.1) is 0 Å². The van der Waals surface area contributed by atoms with Crippen LogP contribution in [0.3, 0.4) is 0 Å². The van der Waals surface area contributed by atoms with Crippen LogP contribution < -0.4 is 19.6 Å². The average Bonchev–Trinajstić information content (AvgIpc) is 2.77. The molecule has 1 heterocycles. The molecule has 0 radical (unpaired) electrons. The van der Waals surface area contributed by atoms with Gasteiger partial charge >= 0.3 is 0 Å². The van der Waals surface area contributed by atoms with Gasteiger partial charge in [0, 0.05) is 5.56 Å². The highest BCUT2D eigenvalue weighted by atomic mass is 16.6. The quantitative estimate of drug-likeness (QED) is 0.503. The number of amides is 1. The third-order valence-corrected chi connectivity index (χ3v) is 5.28. The van der Waals surface area contributed by atoms with Crippen LogP contribution in [0.15, 0.2) is 59.7 Å². The molecular weight excluding hydrogens is 392 g/mol. The van der Waals surface area contributed by atoms with Crippen molar-refractivity contribution in [1.29, 1.82) is 0 Å². The number of fused-ring (bicyclic) bond motifs is 2. The van der Waals surface area contributed by atoms with E-state index in [-0.39, 0.29) is 17.9 Å². The SMILES string of the molecule is COc1ccc2ccccc2c1C=NNC(=O)C1COc2ccc(C(C)(C)C)cc2O1. The van der Waals surface area contributed by atoms with Gasteiger partial charge in [0.05, 0.1) is 13.3 Å². The summed E-state index contributed by atoms with van der Waals surface area (Å²) < 4.78 is 17.1. The van der Waals surface area contributed by atoms with Crippen LogP contribution in [0.5, 0.6) is 17.2 Å². The predicted octanol–water partition coefficient (Wildman–Crippen LogP) is 4.44. The summed E-state index contributed by atoms with van der Waals surface area (Å²) in [7, 11) is 1.61. The summed E-state index contributed by atoms with van der Waals surface area (Å²) in [6, 6.07) is 17.6. The molecule has 0 aliphatic carbocycles. The zero-order valence-corrected chi connectivity index (χ0v) is 18.1. The van der Waals surface area contributed by atoms with E-state index in [0.717, 1.165) is 21.9 Å². The van der Waals surface area contributed by atoms with Gasteiger partial charge in [0.25, 0.3) is 5.91 Å². The molecular formula is C25H26N2O4. The van der Waals surface area contributed by atoms with Crippen LogP contribution in [0.2, 0.25) is 0 Å². The van der Waals surface area contributed by atoms with Crippen molar-refractivity contribution < 1.29 is 19.0 Å². The lowest BCUT2D eigenvalue weighted by Crippen LogP contribution is -2.42. The first-order valence-electron chi connectivity index (χ1n) is 10.2. The molecule has 0 aromatic heterocycles. The van der Waals surface area contributed by atoms with Crippen LogP contribution in [-0.4, -0.2) is 31.9 Å². The smallest absolute Gasteiger partial charge is 0.284 e. The second-order valence-electron chi connectivity index (χ2n) is 8.47. The van der Waals surface area contributed by atoms with E-state index < -0.39 is 6.10 Å². The van der Waals surface area contributed by atoms with Gasteiger partial charge in [-0.3, -0.25) is 4.79 Å². The van der Waals surface area contributed by atoms with E-state index in [1.54, 1.807) is 13.3 Å². The van der Waals surface area contributed by atoms with E-state index in [2.05, 4.69) is 31.3 Å². The Morgan fingerprint density at radius 2 is 1.94 bits per heavy atom. The van der Waals surface area contributed by atoms with Crippen molar-refractivity contribution in [3.63, 3.8) is 0 Å². The van der Waals surface area contributed by atoms with Gasteiger partial charge in [-0.2, -0.15) is 5.10 Å². The largest absolute Gasteiger partial charge is 0.496 e. The Kier molecular flexibility index (Phi) is 5.55. The molecule has 0 fully saturated rings. The van der Waals surface area contributed by atoms with E-state index in [0.29, 0.717) is 17.2 Å². The number of nitrogens with one attached hydrogen (secondary N) is 1. The molecule has 1 amide bonds. The Hall–Kier alpha value is -3.54. The van der Waals surface area contributed by atoms with Gasteiger partial charge in [-0.25, -0.2) is 5.43 Å². The number of hydrazone groups is 1. The Labute approximate surface area is 181 Å². The Morgan fingerprint density at radius 3 is 2.71 bits per heavy atom. The third kappa shape index (κ3) is 4.33. The maximum absolute atomic E-state index is 12.6. The molecule has 4 rings (SSSR count). The molecule has 1 aliphatic heterocycles. The zero-order valence-electron chi connectivity index (χ0n) is 18.1. The summed E-state index contributed by atoms with van der Waals surface area (Å²) in [5.41, 5.74) is 4.43. The molecule has 1 unspecified atom stereocenters. The average molecular weight is 418 g/mol. The van der Waals surface area contributed by atoms with Gasteiger partial charge in [-0.1, -0.05) is 57.2 Å². The summed E-state index contributed by atoms with van der Waals surface area (Å²) >= 11 is 0. The van der Waals surface area contributed by atoms with E-state index >= 15 is 0 Å². The summed E-state index contributed by atoms with van der Waals surface area (Å²) in [6.07, 6.45) is 0.809. The maximum Gasteiger partial charge on any atom is 0.284 e. The van der Waals surface area contributed by atoms with Crippen molar-refractivity contribution in [2.45, 2.75) is 32.3 Å². The molecule has 3 aromatic carbocycles. The first-order valence-corrected chi connectivity index (χ1v) is 10.2. The molecule has 1 aliphatic rings. The fraction of sp³-hybridized carbons (Fsp3) is 0.280. The van der Waals surface area contributed by atoms with Crippen LogP contribution in [0.1, 0.15) is 31.9 Å². The minimum atomic E-state index is -0.783. The molecule has 31 heavy (non-hydrogen) atoms. The highest BCUT2D eigenvalue weighted by Crippen LogP contribution is 2.36. The number of hydrogen-bond acceptors (Lipinski definition) is 5. The topological polar surface area (TPSA) is 69.2 Å². The number of carbonyl (C=O) groups excluding carboxylic acids is 1. The van der Waals surface area contributed by atoms with Gasteiger partial charge in [0.1, 0.15) is 12.4 Å². The van der Waals surface area contributed by atoms with Gasteiger partial charge in [-0.15, -0.1) is 0 Å². The molecule has 0 spiro atoms. The molecule has 0 saturated heterocycles. The lowest BCUT2D eigenvalue weighted by molar-refractivity contribution is -0.130. The van der Waals surface area contributed by atoms with Crippen LogP contribution in [0.25, 0.3) is 10.8 Å². The zero-order chi connectivity index (χ0) is 22.0. The maximum atomic E-state index is 12.6. The monoisotopic (exact) mass is 418 g/mol. The summed E-state index contributed by atoms with van der Waals surface area (Å²) in [5, 5.41) is 6.20. The van der Waals surface area contributed by atoms with Crippen LogP contribution >= 0.6 is 0 Å². The molecule has 1 atom stereocenters. The first-order chi connectivity index (χ1) is 14.9. The summed E-state index contributed by atoms with van der Waals surface area (Å²) in [4.78, 5) is 12.6. The molecule has 6 nitrogen and oxygen atoms in total. The van der Waals surface area contributed by atoms with E-state index in [1.165, 1.54) is 0 Å². The number of hydrogen-bond donors (Lipinski definition) is 1. The standard InChI is InChI=1S/C25H26N2O4/c1-25(2,3)17-10-12-21-22(13-17)31-23(15-30-21)24(28)27-26-14-19-18-8-6-5-7-16(18)9-11-20(19)29-4/h5-14,23H,15H2,1-4H3,(H,27,28). The fourth-order valence-corrected chi connectivity index (χ4v) is 3.49. The molecule has 0 saturated carbocycles. The van der Waals surface area contributed by atoms with Gasteiger partial charge in [-0.05, 0) is 39.9 Å². The molecule has 1 N–H and O–H groups in total. The highest BCUT2D eigenvalue weighted by Gasteiger charge is 2.28. The van der Waals surface area contributed by atoms with E-state index in [1.807, 2.05) is 54.6 Å². The molecule has 3 aromatic rings. The number of carbonyl (C=O) groups is 1. The van der Waals surface area contributed by atoms with Crippen molar-refractivity contribution in [2.75, 3.05) is 13.7 Å². The number of benzene rings is 3. The van der Waals surface area contributed by atoms with Crippen molar-refractivity contribution in [1.82, 2.24) is 5.43 Å². The number of ether oxygens (including phenoxy) is 3. The Bertz CT molecular complexity index is 1150. The fourth-order valence-electron chi connectivity index (χ4n) is 3.49. The second kappa shape index (κ2) is 8.30. The third-order valence-electron chi connectivity index (χ3n) is 5.28. The van der Waals surface area contributed by atoms with Gasteiger partial charge in [0.15, 0.2) is 11.5 Å².